The normalized spacial score (nSPS) is 12.2. The highest BCUT2D eigenvalue weighted by Crippen LogP contribution is 2.25. The summed E-state index contributed by atoms with van der Waals surface area (Å²) in [6.45, 7) is 2.93. The summed E-state index contributed by atoms with van der Waals surface area (Å²) >= 11 is 0. The quantitative estimate of drug-likeness (QED) is 0.866. The Morgan fingerprint density at radius 1 is 1.15 bits per heavy atom. The van der Waals surface area contributed by atoms with E-state index >= 15 is 0 Å². The van der Waals surface area contributed by atoms with E-state index < -0.39 is 0 Å². The summed E-state index contributed by atoms with van der Waals surface area (Å²) in [7, 11) is 1.49. The minimum atomic E-state index is -0.328. The van der Waals surface area contributed by atoms with Gasteiger partial charge in [0, 0.05) is 6.04 Å². The molecule has 2 nitrogen and oxygen atoms in total. The molecule has 0 aliphatic rings. The molecule has 0 amide bonds. The van der Waals surface area contributed by atoms with Crippen molar-refractivity contribution in [2.75, 3.05) is 13.7 Å². The minimum absolute atomic E-state index is 0.150. The lowest BCUT2D eigenvalue weighted by molar-refractivity contribution is 0.384. The molecule has 2 rings (SSSR count). The van der Waals surface area contributed by atoms with E-state index in [-0.39, 0.29) is 11.9 Å². The molecule has 0 radical (unpaired) electrons. The van der Waals surface area contributed by atoms with Crippen molar-refractivity contribution in [2.24, 2.45) is 0 Å². The van der Waals surface area contributed by atoms with Crippen molar-refractivity contribution in [3.05, 3.63) is 65.5 Å². The molecule has 0 aliphatic heterocycles. The molecule has 2 aromatic carbocycles. The van der Waals surface area contributed by atoms with E-state index in [0.29, 0.717) is 5.75 Å². The predicted molar refractivity (Wildman–Crippen MR) is 79.5 cm³/mol. The number of halogens is 1. The summed E-state index contributed by atoms with van der Waals surface area (Å²) in [5, 5.41) is 3.44. The van der Waals surface area contributed by atoms with Crippen molar-refractivity contribution in [1.82, 2.24) is 5.32 Å². The summed E-state index contributed by atoms with van der Waals surface area (Å²) in [6, 6.07) is 15.5. The van der Waals surface area contributed by atoms with Crippen LogP contribution in [0.3, 0.4) is 0 Å². The summed E-state index contributed by atoms with van der Waals surface area (Å²) in [4.78, 5) is 0. The average molecular weight is 273 g/mol. The van der Waals surface area contributed by atoms with Crippen molar-refractivity contribution in [2.45, 2.75) is 19.4 Å². The van der Waals surface area contributed by atoms with Gasteiger partial charge in [0.25, 0.3) is 0 Å². The Labute approximate surface area is 119 Å². The Hall–Kier alpha value is -1.87. The fraction of sp³-hybridized carbons (Fsp3) is 0.294. The molecule has 0 heterocycles. The smallest absolute Gasteiger partial charge is 0.165 e. The molecule has 0 spiro atoms. The van der Waals surface area contributed by atoms with Crippen LogP contribution in [0.15, 0.2) is 48.5 Å². The predicted octanol–water partition coefficient (Wildman–Crippen LogP) is 3.73. The van der Waals surface area contributed by atoms with Gasteiger partial charge >= 0.3 is 0 Å². The Morgan fingerprint density at radius 2 is 1.90 bits per heavy atom. The average Bonchev–Trinajstić information content (AvgIpc) is 2.48. The molecule has 0 aliphatic carbocycles. The molecule has 0 saturated heterocycles. The zero-order chi connectivity index (χ0) is 14.4. The van der Waals surface area contributed by atoms with Crippen LogP contribution in [0.2, 0.25) is 0 Å². The van der Waals surface area contributed by atoms with Gasteiger partial charge in [-0.2, -0.15) is 0 Å². The van der Waals surface area contributed by atoms with E-state index in [9.17, 15) is 4.39 Å². The van der Waals surface area contributed by atoms with E-state index in [1.807, 2.05) is 24.3 Å². The molecule has 0 fully saturated rings. The topological polar surface area (TPSA) is 21.3 Å². The second kappa shape index (κ2) is 7.06. The highest BCUT2D eigenvalue weighted by Gasteiger charge is 2.13. The maximum Gasteiger partial charge on any atom is 0.165 e. The minimum Gasteiger partial charge on any atom is -0.494 e. The fourth-order valence-electron chi connectivity index (χ4n) is 2.30. The molecule has 1 N–H and O–H groups in total. The first-order chi connectivity index (χ1) is 9.74. The van der Waals surface area contributed by atoms with Crippen molar-refractivity contribution < 1.29 is 9.13 Å². The third kappa shape index (κ3) is 3.58. The van der Waals surface area contributed by atoms with Crippen LogP contribution in [0.1, 0.15) is 24.1 Å². The van der Waals surface area contributed by atoms with Gasteiger partial charge in [0.15, 0.2) is 11.6 Å². The number of likely N-dealkylation sites (N-methyl/N-ethyl adjacent to an activating group) is 1. The largest absolute Gasteiger partial charge is 0.494 e. The van der Waals surface area contributed by atoms with Gasteiger partial charge in [-0.15, -0.1) is 0 Å². The first-order valence-corrected chi connectivity index (χ1v) is 6.85. The molecule has 1 atom stereocenters. The third-order valence-corrected chi connectivity index (χ3v) is 3.31. The summed E-state index contributed by atoms with van der Waals surface area (Å²) in [5.74, 6) is -0.0373. The van der Waals surface area contributed by atoms with Gasteiger partial charge in [-0.1, -0.05) is 43.3 Å². The molecule has 1 unspecified atom stereocenters. The van der Waals surface area contributed by atoms with Crippen LogP contribution in [0.5, 0.6) is 5.75 Å². The van der Waals surface area contributed by atoms with Crippen molar-refractivity contribution in [1.29, 1.82) is 0 Å². The number of benzene rings is 2. The molecule has 106 valence electrons. The van der Waals surface area contributed by atoms with Gasteiger partial charge in [0.05, 0.1) is 7.11 Å². The van der Waals surface area contributed by atoms with Crippen LogP contribution in [-0.2, 0) is 6.42 Å². The van der Waals surface area contributed by atoms with Gasteiger partial charge in [-0.25, -0.2) is 4.39 Å². The number of ether oxygens (including phenoxy) is 1. The Kier molecular flexibility index (Phi) is 5.13. The van der Waals surface area contributed by atoms with Crippen LogP contribution in [0.4, 0.5) is 4.39 Å². The second-order valence-corrected chi connectivity index (χ2v) is 4.69. The Morgan fingerprint density at radius 3 is 2.55 bits per heavy atom. The molecule has 3 heteroatoms. The fourth-order valence-corrected chi connectivity index (χ4v) is 2.30. The van der Waals surface area contributed by atoms with Crippen LogP contribution in [0, 0.1) is 5.82 Å². The van der Waals surface area contributed by atoms with Crippen LogP contribution >= 0.6 is 0 Å². The zero-order valence-electron chi connectivity index (χ0n) is 11.9. The first kappa shape index (κ1) is 14.5. The molecule has 0 aromatic heterocycles. The number of rotatable bonds is 6. The second-order valence-electron chi connectivity index (χ2n) is 4.69. The monoisotopic (exact) mass is 273 g/mol. The van der Waals surface area contributed by atoms with E-state index in [0.717, 1.165) is 18.5 Å². The lowest BCUT2D eigenvalue weighted by atomic mass is 9.98. The summed E-state index contributed by atoms with van der Waals surface area (Å²) in [5.41, 5.74) is 2.29. The van der Waals surface area contributed by atoms with Crippen LogP contribution < -0.4 is 10.1 Å². The van der Waals surface area contributed by atoms with Crippen molar-refractivity contribution in [3.8, 4) is 5.75 Å². The number of hydrogen-bond donors (Lipinski definition) is 1. The van der Waals surface area contributed by atoms with Crippen LogP contribution in [-0.4, -0.2) is 13.7 Å². The highest BCUT2D eigenvalue weighted by atomic mass is 19.1. The lowest BCUT2D eigenvalue weighted by Gasteiger charge is -2.19. The molecular formula is C17H20FNO. The van der Waals surface area contributed by atoms with E-state index in [4.69, 9.17) is 4.74 Å². The zero-order valence-corrected chi connectivity index (χ0v) is 11.9. The first-order valence-electron chi connectivity index (χ1n) is 6.85. The standard InChI is InChI=1S/C17H20FNO/c1-3-19-16(11-13-7-5-4-6-8-13)14-9-10-15(18)17(12-14)20-2/h4-10,12,16,19H,3,11H2,1-2H3. The lowest BCUT2D eigenvalue weighted by Crippen LogP contribution is -2.23. The van der Waals surface area contributed by atoms with Gasteiger partial charge < -0.3 is 10.1 Å². The van der Waals surface area contributed by atoms with Gasteiger partial charge in [0.2, 0.25) is 0 Å². The number of methoxy groups -OCH3 is 1. The number of nitrogens with one attached hydrogen (secondary N) is 1. The SMILES string of the molecule is CCNC(Cc1ccccc1)c1ccc(F)c(OC)c1. The number of hydrogen-bond acceptors (Lipinski definition) is 2. The molecule has 20 heavy (non-hydrogen) atoms. The van der Waals surface area contributed by atoms with E-state index in [2.05, 4.69) is 24.4 Å². The molecule has 2 aromatic rings. The Bertz CT molecular complexity index is 542. The van der Waals surface area contributed by atoms with E-state index in [1.165, 1.54) is 18.7 Å². The van der Waals surface area contributed by atoms with Crippen molar-refractivity contribution >= 4 is 0 Å². The summed E-state index contributed by atoms with van der Waals surface area (Å²) in [6.07, 6.45) is 0.865. The maximum absolute atomic E-state index is 13.5. The molecular weight excluding hydrogens is 253 g/mol. The maximum atomic E-state index is 13.5. The highest BCUT2D eigenvalue weighted by molar-refractivity contribution is 5.33. The van der Waals surface area contributed by atoms with Gasteiger partial charge in [-0.05, 0) is 36.2 Å². The van der Waals surface area contributed by atoms with E-state index in [1.54, 1.807) is 6.07 Å². The van der Waals surface area contributed by atoms with Crippen LogP contribution in [0.25, 0.3) is 0 Å². The molecule has 0 saturated carbocycles. The third-order valence-electron chi connectivity index (χ3n) is 3.31. The van der Waals surface area contributed by atoms with Gasteiger partial charge in [-0.3, -0.25) is 0 Å². The van der Waals surface area contributed by atoms with Gasteiger partial charge in [0.1, 0.15) is 0 Å². The Balaban J connectivity index is 2.24. The molecule has 0 bridgehead atoms. The summed E-state index contributed by atoms with van der Waals surface area (Å²) < 4.78 is 18.6. The van der Waals surface area contributed by atoms with Crippen molar-refractivity contribution in [3.63, 3.8) is 0 Å².